The maximum absolute atomic E-state index is 5.18. The van der Waals surface area contributed by atoms with E-state index >= 15 is 0 Å². The van der Waals surface area contributed by atoms with Gasteiger partial charge in [-0.3, -0.25) is 0 Å². The van der Waals surface area contributed by atoms with E-state index in [4.69, 9.17) is 9.47 Å². The zero-order valence-electron chi connectivity index (χ0n) is 3.89. The van der Waals surface area contributed by atoms with Crippen LogP contribution < -0.4 is 0 Å². The lowest BCUT2D eigenvalue weighted by atomic mass is 9.98. The molecule has 0 aromatic carbocycles. The number of rotatable bonds is 0. The van der Waals surface area contributed by atoms with Crippen LogP contribution in [0.4, 0.5) is 0 Å². The third kappa shape index (κ3) is 0.112. The summed E-state index contributed by atoms with van der Waals surface area (Å²) in [6.45, 7) is 2.06. The Kier molecular flexibility index (Phi) is 0.159. The van der Waals surface area contributed by atoms with Crippen molar-refractivity contribution in [2.75, 3.05) is 0 Å². The van der Waals surface area contributed by atoms with Crippen molar-refractivity contribution in [1.82, 2.24) is 0 Å². The molecule has 2 heteroatoms. The molecule has 2 heterocycles. The highest BCUT2D eigenvalue weighted by atomic mass is 16.7. The molecule has 0 radical (unpaired) electrons. The topological polar surface area (TPSA) is 25.1 Å². The van der Waals surface area contributed by atoms with Crippen LogP contribution in [-0.2, 0) is 9.47 Å². The SMILES string of the molecule is CC12OC1C1=C2O1. The van der Waals surface area contributed by atoms with Crippen molar-refractivity contribution in [3.05, 3.63) is 11.5 Å². The highest BCUT2D eigenvalue weighted by Crippen LogP contribution is 2.67. The van der Waals surface area contributed by atoms with E-state index in [-0.39, 0.29) is 5.60 Å². The molecular formula is C5H4O2. The van der Waals surface area contributed by atoms with Crippen molar-refractivity contribution in [3.63, 3.8) is 0 Å². The van der Waals surface area contributed by atoms with Crippen LogP contribution in [0.25, 0.3) is 0 Å². The molecule has 0 aromatic heterocycles. The standard InChI is InChI=1S/C5H4O2/c1-5-3-2(6-3)4(5)7-5/h4H,1H3. The van der Waals surface area contributed by atoms with Crippen LogP contribution >= 0.6 is 0 Å². The summed E-state index contributed by atoms with van der Waals surface area (Å²) in [5.41, 5.74) is 0.0787. The molecule has 0 aromatic rings. The first-order chi connectivity index (χ1) is 3.32. The van der Waals surface area contributed by atoms with Crippen LogP contribution in [0, 0.1) is 0 Å². The van der Waals surface area contributed by atoms with Crippen molar-refractivity contribution < 1.29 is 9.47 Å². The van der Waals surface area contributed by atoms with Crippen LogP contribution in [0.15, 0.2) is 11.5 Å². The number of hydrogen-bond donors (Lipinski definition) is 0. The first kappa shape index (κ1) is 2.72. The number of epoxide rings is 1. The minimum absolute atomic E-state index is 0.0787. The Hall–Kier alpha value is -0.500. The number of hydrogen-bond acceptors (Lipinski definition) is 2. The van der Waals surface area contributed by atoms with Gasteiger partial charge < -0.3 is 9.47 Å². The molecule has 0 N–H and O–H groups in total. The van der Waals surface area contributed by atoms with Gasteiger partial charge in [-0.2, -0.15) is 0 Å². The molecule has 0 bridgehead atoms. The molecule has 0 amide bonds. The molecule has 36 valence electrons. The molecule has 3 aliphatic rings. The zero-order valence-corrected chi connectivity index (χ0v) is 3.89. The quantitative estimate of drug-likeness (QED) is 0.408. The molecule has 0 saturated carbocycles. The molecule has 2 unspecified atom stereocenters. The summed E-state index contributed by atoms with van der Waals surface area (Å²) < 4.78 is 10.2. The van der Waals surface area contributed by atoms with Crippen LogP contribution in [-0.4, -0.2) is 11.7 Å². The van der Waals surface area contributed by atoms with Crippen molar-refractivity contribution in [1.29, 1.82) is 0 Å². The summed E-state index contributed by atoms with van der Waals surface area (Å²) in [5.74, 6) is 2.22. The van der Waals surface area contributed by atoms with Gasteiger partial charge in [0.1, 0.15) is 0 Å². The van der Waals surface area contributed by atoms with Gasteiger partial charge in [-0.05, 0) is 6.92 Å². The fourth-order valence-electron chi connectivity index (χ4n) is 1.21. The van der Waals surface area contributed by atoms with Crippen molar-refractivity contribution in [3.8, 4) is 0 Å². The predicted octanol–water partition coefficient (Wildman–Crippen LogP) is 0.399. The van der Waals surface area contributed by atoms with Gasteiger partial charge in [-0.1, -0.05) is 0 Å². The normalized spacial score (nSPS) is 59.3. The van der Waals surface area contributed by atoms with Crippen LogP contribution in [0.1, 0.15) is 6.92 Å². The van der Waals surface area contributed by atoms with Gasteiger partial charge in [-0.15, -0.1) is 0 Å². The molecule has 3 rings (SSSR count). The molecule has 2 aliphatic heterocycles. The lowest BCUT2D eigenvalue weighted by Gasteiger charge is -1.91. The lowest BCUT2D eigenvalue weighted by Crippen LogP contribution is -2.11. The average molecular weight is 96.1 g/mol. The van der Waals surface area contributed by atoms with E-state index in [0.29, 0.717) is 6.10 Å². The summed E-state index contributed by atoms with van der Waals surface area (Å²) in [5, 5.41) is 0. The summed E-state index contributed by atoms with van der Waals surface area (Å²) in [4.78, 5) is 0. The van der Waals surface area contributed by atoms with Gasteiger partial charge in [0.2, 0.25) is 0 Å². The van der Waals surface area contributed by atoms with Gasteiger partial charge in [-0.25, -0.2) is 0 Å². The smallest absolute Gasteiger partial charge is 0.180 e. The maximum Gasteiger partial charge on any atom is 0.180 e. The molecule has 1 saturated heterocycles. The van der Waals surface area contributed by atoms with Gasteiger partial charge in [0, 0.05) is 0 Å². The lowest BCUT2D eigenvalue weighted by molar-refractivity contribution is 0.279. The monoisotopic (exact) mass is 96.0 g/mol. The third-order valence-electron chi connectivity index (χ3n) is 1.89. The Balaban J connectivity index is 2.28. The predicted molar refractivity (Wildman–Crippen MR) is 21.4 cm³/mol. The van der Waals surface area contributed by atoms with Crippen LogP contribution in [0.2, 0.25) is 0 Å². The fourth-order valence-corrected chi connectivity index (χ4v) is 1.21. The van der Waals surface area contributed by atoms with Crippen LogP contribution in [0.3, 0.4) is 0 Å². The summed E-state index contributed by atoms with van der Waals surface area (Å²) in [7, 11) is 0. The Morgan fingerprint density at radius 2 is 2.57 bits per heavy atom. The Labute approximate surface area is 40.7 Å². The van der Waals surface area contributed by atoms with E-state index in [1.54, 1.807) is 0 Å². The van der Waals surface area contributed by atoms with Gasteiger partial charge in [0.15, 0.2) is 23.2 Å². The summed E-state index contributed by atoms with van der Waals surface area (Å²) in [6, 6.07) is 0. The van der Waals surface area contributed by atoms with E-state index in [0.717, 1.165) is 11.5 Å². The Morgan fingerprint density at radius 1 is 1.71 bits per heavy atom. The summed E-state index contributed by atoms with van der Waals surface area (Å²) in [6.07, 6.45) is 0.377. The molecule has 1 aliphatic carbocycles. The highest BCUT2D eigenvalue weighted by Gasteiger charge is 2.78. The average Bonchev–Trinajstić information content (AvgIpc) is 2.38. The van der Waals surface area contributed by atoms with E-state index < -0.39 is 0 Å². The minimum Gasteiger partial charge on any atom is -0.453 e. The Bertz CT molecular complexity index is 194. The molecule has 7 heavy (non-hydrogen) atoms. The van der Waals surface area contributed by atoms with Crippen molar-refractivity contribution >= 4 is 0 Å². The van der Waals surface area contributed by atoms with Crippen molar-refractivity contribution in [2.45, 2.75) is 18.6 Å². The highest BCUT2D eigenvalue weighted by molar-refractivity contribution is 5.53. The third-order valence-corrected chi connectivity index (χ3v) is 1.89. The maximum atomic E-state index is 5.18. The number of fused-ring (bicyclic) bond motifs is 3. The molecule has 2 nitrogen and oxygen atoms in total. The summed E-state index contributed by atoms with van der Waals surface area (Å²) >= 11 is 0. The minimum atomic E-state index is 0.0787. The first-order valence-electron chi connectivity index (χ1n) is 2.43. The molecule has 0 spiro atoms. The second kappa shape index (κ2) is 0.409. The second-order valence-corrected chi connectivity index (χ2v) is 2.40. The number of ether oxygens (including phenoxy) is 2. The Morgan fingerprint density at radius 3 is 2.71 bits per heavy atom. The van der Waals surface area contributed by atoms with Gasteiger partial charge >= 0.3 is 0 Å². The van der Waals surface area contributed by atoms with Gasteiger partial charge in [0.25, 0.3) is 0 Å². The molecule has 1 fully saturated rings. The first-order valence-corrected chi connectivity index (χ1v) is 2.43. The van der Waals surface area contributed by atoms with E-state index in [1.165, 1.54) is 0 Å². The van der Waals surface area contributed by atoms with Crippen LogP contribution in [0.5, 0.6) is 0 Å². The molecular weight excluding hydrogens is 92.1 g/mol. The van der Waals surface area contributed by atoms with E-state index in [1.807, 2.05) is 0 Å². The second-order valence-electron chi connectivity index (χ2n) is 2.40. The largest absolute Gasteiger partial charge is 0.453 e. The van der Waals surface area contributed by atoms with Gasteiger partial charge in [0.05, 0.1) is 0 Å². The zero-order chi connectivity index (χ0) is 4.65. The van der Waals surface area contributed by atoms with E-state index in [2.05, 4.69) is 6.92 Å². The molecule has 2 atom stereocenters. The van der Waals surface area contributed by atoms with Crippen molar-refractivity contribution in [2.24, 2.45) is 0 Å². The van der Waals surface area contributed by atoms with E-state index in [9.17, 15) is 0 Å². The fraction of sp³-hybridized carbons (Fsp3) is 0.600.